The number of ether oxygens (including phenoxy) is 1. The maximum absolute atomic E-state index is 12.5. The van der Waals surface area contributed by atoms with Gasteiger partial charge < -0.3 is 4.74 Å². The van der Waals surface area contributed by atoms with Crippen molar-refractivity contribution in [3.8, 4) is 0 Å². The zero-order chi connectivity index (χ0) is 18.6. The second-order valence-corrected chi connectivity index (χ2v) is 8.53. The normalized spacial score (nSPS) is 15.9. The molecule has 6 heteroatoms. The van der Waals surface area contributed by atoms with Crippen LogP contribution in [-0.2, 0) is 27.8 Å². The summed E-state index contributed by atoms with van der Waals surface area (Å²) in [6.07, 6.45) is 0. The molecule has 0 spiro atoms. The first-order chi connectivity index (χ1) is 12.4. The van der Waals surface area contributed by atoms with Gasteiger partial charge in [0.1, 0.15) is 0 Å². The topological polar surface area (TPSA) is 58.6 Å². The SMILES string of the molecule is Cc1ccc(S(=O)(=O)NCc2ccc(CN3CCOCC3)cc2)c(C)c1. The minimum atomic E-state index is -3.51. The number of hydrogen-bond donors (Lipinski definition) is 1. The van der Waals surface area contributed by atoms with Gasteiger partial charge in [-0.15, -0.1) is 0 Å². The second kappa shape index (κ2) is 8.31. The van der Waals surface area contributed by atoms with Crippen LogP contribution >= 0.6 is 0 Å². The van der Waals surface area contributed by atoms with E-state index in [4.69, 9.17) is 4.74 Å². The van der Waals surface area contributed by atoms with Gasteiger partial charge in [-0.3, -0.25) is 4.90 Å². The van der Waals surface area contributed by atoms with E-state index in [-0.39, 0.29) is 6.54 Å². The lowest BCUT2D eigenvalue weighted by Crippen LogP contribution is -2.35. The van der Waals surface area contributed by atoms with Gasteiger partial charge >= 0.3 is 0 Å². The first kappa shape index (κ1) is 19.0. The molecule has 1 saturated heterocycles. The summed E-state index contributed by atoms with van der Waals surface area (Å²) in [5, 5.41) is 0. The van der Waals surface area contributed by atoms with Crippen molar-refractivity contribution < 1.29 is 13.2 Å². The lowest BCUT2D eigenvalue weighted by Gasteiger charge is -2.26. The maximum Gasteiger partial charge on any atom is 0.241 e. The zero-order valence-corrected chi connectivity index (χ0v) is 16.2. The highest BCUT2D eigenvalue weighted by Crippen LogP contribution is 2.17. The van der Waals surface area contributed by atoms with Crippen molar-refractivity contribution in [3.63, 3.8) is 0 Å². The Balaban J connectivity index is 1.60. The summed E-state index contributed by atoms with van der Waals surface area (Å²) in [6.45, 7) is 8.45. The van der Waals surface area contributed by atoms with Crippen LogP contribution in [0.2, 0.25) is 0 Å². The van der Waals surface area contributed by atoms with Gasteiger partial charge in [-0.1, -0.05) is 42.0 Å². The van der Waals surface area contributed by atoms with E-state index in [9.17, 15) is 8.42 Å². The monoisotopic (exact) mass is 374 g/mol. The van der Waals surface area contributed by atoms with E-state index in [1.165, 1.54) is 5.56 Å². The summed E-state index contributed by atoms with van der Waals surface area (Å²) in [5.41, 5.74) is 3.99. The molecular formula is C20H26N2O3S. The molecular weight excluding hydrogens is 348 g/mol. The van der Waals surface area contributed by atoms with Crippen molar-refractivity contribution in [1.29, 1.82) is 0 Å². The van der Waals surface area contributed by atoms with Crippen LogP contribution in [0, 0.1) is 13.8 Å². The smallest absolute Gasteiger partial charge is 0.241 e. The second-order valence-electron chi connectivity index (χ2n) is 6.80. The van der Waals surface area contributed by atoms with E-state index in [1.54, 1.807) is 6.07 Å². The van der Waals surface area contributed by atoms with Crippen LogP contribution in [0.25, 0.3) is 0 Å². The van der Waals surface area contributed by atoms with Crippen molar-refractivity contribution in [3.05, 3.63) is 64.7 Å². The van der Waals surface area contributed by atoms with Crippen LogP contribution in [0.4, 0.5) is 0 Å². The molecule has 1 aliphatic rings. The molecule has 0 aliphatic carbocycles. The van der Waals surface area contributed by atoms with Crippen molar-refractivity contribution in [2.24, 2.45) is 0 Å². The molecule has 2 aromatic carbocycles. The number of nitrogens with zero attached hydrogens (tertiary/aromatic N) is 1. The molecule has 1 fully saturated rings. The Morgan fingerprint density at radius 1 is 1.00 bits per heavy atom. The fraction of sp³-hybridized carbons (Fsp3) is 0.400. The van der Waals surface area contributed by atoms with E-state index in [0.717, 1.165) is 49.5 Å². The van der Waals surface area contributed by atoms with Crippen molar-refractivity contribution in [2.75, 3.05) is 26.3 Å². The summed E-state index contributed by atoms with van der Waals surface area (Å²) in [4.78, 5) is 2.70. The van der Waals surface area contributed by atoms with Crippen LogP contribution in [0.3, 0.4) is 0 Å². The molecule has 1 aliphatic heterocycles. The largest absolute Gasteiger partial charge is 0.379 e. The number of hydrogen-bond acceptors (Lipinski definition) is 4. The third kappa shape index (κ3) is 4.92. The average molecular weight is 375 g/mol. The molecule has 26 heavy (non-hydrogen) atoms. The minimum Gasteiger partial charge on any atom is -0.379 e. The van der Waals surface area contributed by atoms with Crippen LogP contribution in [-0.4, -0.2) is 39.6 Å². The Morgan fingerprint density at radius 2 is 1.65 bits per heavy atom. The number of rotatable bonds is 6. The quantitative estimate of drug-likeness (QED) is 0.844. The van der Waals surface area contributed by atoms with Crippen molar-refractivity contribution >= 4 is 10.0 Å². The predicted molar refractivity (Wildman–Crippen MR) is 102 cm³/mol. The number of aryl methyl sites for hydroxylation is 2. The highest BCUT2D eigenvalue weighted by Gasteiger charge is 2.16. The molecule has 140 valence electrons. The molecule has 2 aromatic rings. The van der Waals surface area contributed by atoms with Crippen LogP contribution < -0.4 is 4.72 Å². The summed E-state index contributed by atoms with van der Waals surface area (Å²) < 4.78 is 33.1. The first-order valence-electron chi connectivity index (χ1n) is 8.89. The number of nitrogens with one attached hydrogen (secondary N) is 1. The fourth-order valence-electron chi connectivity index (χ4n) is 3.14. The van der Waals surface area contributed by atoms with Crippen LogP contribution in [0.1, 0.15) is 22.3 Å². The molecule has 0 unspecified atom stereocenters. The summed E-state index contributed by atoms with van der Waals surface area (Å²) in [7, 11) is -3.51. The Labute approximate surface area is 156 Å². The predicted octanol–water partition coefficient (Wildman–Crippen LogP) is 2.61. The van der Waals surface area contributed by atoms with E-state index in [0.29, 0.717) is 4.90 Å². The summed E-state index contributed by atoms with van der Waals surface area (Å²) in [6, 6.07) is 13.5. The van der Waals surface area contributed by atoms with Crippen LogP contribution in [0.15, 0.2) is 47.4 Å². The van der Waals surface area contributed by atoms with Crippen molar-refractivity contribution in [1.82, 2.24) is 9.62 Å². The molecule has 0 aromatic heterocycles. The first-order valence-corrected chi connectivity index (χ1v) is 10.4. The Kier molecular flexibility index (Phi) is 6.09. The summed E-state index contributed by atoms with van der Waals surface area (Å²) in [5.74, 6) is 0. The molecule has 0 atom stereocenters. The van der Waals surface area contributed by atoms with Crippen LogP contribution in [0.5, 0.6) is 0 Å². The fourth-order valence-corrected chi connectivity index (χ4v) is 4.38. The van der Waals surface area contributed by atoms with Gasteiger partial charge in [-0.05, 0) is 36.6 Å². The highest BCUT2D eigenvalue weighted by atomic mass is 32.2. The molecule has 0 saturated carbocycles. The molecule has 0 amide bonds. The Hall–Kier alpha value is -1.73. The molecule has 3 rings (SSSR count). The van der Waals surface area contributed by atoms with E-state index in [2.05, 4.69) is 21.8 Å². The highest BCUT2D eigenvalue weighted by molar-refractivity contribution is 7.89. The van der Waals surface area contributed by atoms with E-state index < -0.39 is 10.0 Å². The Bertz CT molecular complexity index is 842. The standard InChI is InChI=1S/C20H26N2O3S/c1-16-3-8-20(17(2)13-16)26(23,24)21-14-18-4-6-19(7-5-18)15-22-9-11-25-12-10-22/h3-8,13,21H,9-12,14-15H2,1-2H3. The van der Waals surface area contributed by atoms with Gasteiger partial charge in [0, 0.05) is 26.2 Å². The molecule has 1 heterocycles. The number of morpholine rings is 1. The van der Waals surface area contributed by atoms with Gasteiger partial charge in [0.05, 0.1) is 18.1 Å². The third-order valence-corrected chi connectivity index (χ3v) is 6.18. The molecule has 0 radical (unpaired) electrons. The van der Waals surface area contributed by atoms with Gasteiger partial charge in [0.2, 0.25) is 10.0 Å². The minimum absolute atomic E-state index is 0.285. The third-order valence-electron chi connectivity index (χ3n) is 4.62. The van der Waals surface area contributed by atoms with Gasteiger partial charge in [0.15, 0.2) is 0 Å². The lowest BCUT2D eigenvalue weighted by atomic mass is 10.1. The molecule has 0 bridgehead atoms. The molecule has 1 N–H and O–H groups in total. The maximum atomic E-state index is 12.5. The average Bonchev–Trinajstić information content (AvgIpc) is 2.62. The van der Waals surface area contributed by atoms with E-state index in [1.807, 2.05) is 38.1 Å². The van der Waals surface area contributed by atoms with Crippen molar-refractivity contribution in [2.45, 2.75) is 31.8 Å². The Morgan fingerprint density at radius 3 is 2.31 bits per heavy atom. The molecule has 5 nitrogen and oxygen atoms in total. The lowest BCUT2D eigenvalue weighted by molar-refractivity contribution is 0.0342. The number of sulfonamides is 1. The van der Waals surface area contributed by atoms with Gasteiger partial charge in [0.25, 0.3) is 0 Å². The zero-order valence-electron chi connectivity index (χ0n) is 15.4. The van der Waals surface area contributed by atoms with Gasteiger partial charge in [-0.2, -0.15) is 0 Å². The summed E-state index contributed by atoms with van der Waals surface area (Å²) >= 11 is 0. The van der Waals surface area contributed by atoms with Gasteiger partial charge in [-0.25, -0.2) is 13.1 Å². The number of benzene rings is 2. The van der Waals surface area contributed by atoms with E-state index >= 15 is 0 Å².